The molecule has 1 aliphatic rings. The van der Waals surface area contributed by atoms with E-state index in [1.54, 1.807) is 6.92 Å². The van der Waals surface area contributed by atoms with Crippen LogP contribution in [0.2, 0.25) is 0 Å². The molecule has 112 valence electrons. The summed E-state index contributed by atoms with van der Waals surface area (Å²) in [6.07, 6.45) is 0.209. The number of nitrogens with one attached hydrogen (secondary N) is 1. The standard InChI is InChI=1S/C12H16F2N2O3S/c1-2-19-10-6-9(15)12(10)16-20(17,18)11-4-3-7(13)5-8(11)14/h3-5,9-10,12,16H,2,6,15H2,1H3. The summed E-state index contributed by atoms with van der Waals surface area (Å²) in [6, 6.07) is 1.30. The van der Waals surface area contributed by atoms with Crippen LogP contribution < -0.4 is 10.5 Å². The molecule has 5 nitrogen and oxygen atoms in total. The lowest BCUT2D eigenvalue weighted by atomic mass is 9.84. The molecule has 0 radical (unpaired) electrons. The van der Waals surface area contributed by atoms with Gasteiger partial charge in [-0.1, -0.05) is 0 Å². The Labute approximate surface area is 116 Å². The lowest BCUT2D eigenvalue weighted by Crippen LogP contribution is -2.64. The smallest absolute Gasteiger partial charge is 0.243 e. The molecule has 0 heterocycles. The average Bonchev–Trinajstić information content (AvgIpc) is 2.35. The second kappa shape index (κ2) is 5.72. The molecule has 20 heavy (non-hydrogen) atoms. The number of hydrogen-bond donors (Lipinski definition) is 2. The van der Waals surface area contributed by atoms with Crippen LogP contribution in [0.5, 0.6) is 0 Å². The summed E-state index contributed by atoms with van der Waals surface area (Å²) in [4.78, 5) is -0.603. The molecule has 1 aliphatic carbocycles. The number of ether oxygens (including phenoxy) is 1. The van der Waals surface area contributed by atoms with Crippen LogP contribution in [-0.4, -0.2) is 33.2 Å². The van der Waals surface area contributed by atoms with E-state index < -0.39 is 32.6 Å². The fourth-order valence-electron chi connectivity index (χ4n) is 2.13. The Kier molecular flexibility index (Phi) is 4.38. The highest BCUT2D eigenvalue weighted by Gasteiger charge is 2.42. The Balaban J connectivity index is 2.18. The van der Waals surface area contributed by atoms with Crippen molar-refractivity contribution in [3.05, 3.63) is 29.8 Å². The number of halogens is 2. The maximum Gasteiger partial charge on any atom is 0.243 e. The molecular weight excluding hydrogens is 290 g/mol. The highest BCUT2D eigenvalue weighted by Crippen LogP contribution is 2.25. The van der Waals surface area contributed by atoms with Gasteiger partial charge in [-0.3, -0.25) is 0 Å². The first-order chi connectivity index (χ1) is 9.35. The van der Waals surface area contributed by atoms with Crippen LogP contribution in [0.1, 0.15) is 13.3 Å². The van der Waals surface area contributed by atoms with Crippen LogP contribution in [0.4, 0.5) is 8.78 Å². The Bertz CT molecular complexity index is 592. The van der Waals surface area contributed by atoms with E-state index in [9.17, 15) is 17.2 Å². The predicted molar refractivity (Wildman–Crippen MR) is 68.5 cm³/mol. The van der Waals surface area contributed by atoms with E-state index in [1.165, 1.54) is 0 Å². The maximum atomic E-state index is 13.5. The van der Waals surface area contributed by atoms with Crippen LogP contribution in [0, 0.1) is 11.6 Å². The third kappa shape index (κ3) is 2.98. The number of rotatable bonds is 5. The van der Waals surface area contributed by atoms with Gasteiger partial charge in [-0.15, -0.1) is 0 Å². The van der Waals surface area contributed by atoms with Crippen molar-refractivity contribution in [2.45, 2.75) is 36.4 Å². The molecule has 1 aromatic carbocycles. The van der Waals surface area contributed by atoms with Crippen molar-refractivity contribution < 1.29 is 21.9 Å². The zero-order valence-corrected chi connectivity index (χ0v) is 11.7. The quantitative estimate of drug-likeness (QED) is 0.841. The maximum absolute atomic E-state index is 13.5. The van der Waals surface area contributed by atoms with Crippen LogP contribution in [0.15, 0.2) is 23.1 Å². The molecule has 8 heteroatoms. The highest BCUT2D eigenvalue weighted by atomic mass is 32.2. The fraction of sp³-hybridized carbons (Fsp3) is 0.500. The van der Waals surface area contributed by atoms with Gasteiger partial charge in [-0.25, -0.2) is 21.9 Å². The Morgan fingerprint density at radius 2 is 2.15 bits per heavy atom. The van der Waals surface area contributed by atoms with Crippen LogP contribution >= 0.6 is 0 Å². The van der Waals surface area contributed by atoms with Crippen LogP contribution in [0.25, 0.3) is 0 Å². The van der Waals surface area contributed by atoms with Crippen molar-refractivity contribution in [1.82, 2.24) is 4.72 Å². The Morgan fingerprint density at radius 3 is 2.70 bits per heavy atom. The number of benzene rings is 1. The first kappa shape index (κ1) is 15.3. The van der Waals surface area contributed by atoms with E-state index in [0.29, 0.717) is 19.1 Å². The van der Waals surface area contributed by atoms with E-state index in [0.717, 1.165) is 12.1 Å². The molecule has 1 fully saturated rings. The Morgan fingerprint density at radius 1 is 1.45 bits per heavy atom. The first-order valence-corrected chi connectivity index (χ1v) is 7.68. The molecular formula is C12H16F2N2O3S. The van der Waals surface area contributed by atoms with Gasteiger partial charge < -0.3 is 10.5 Å². The topological polar surface area (TPSA) is 81.4 Å². The zero-order valence-electron chi connectivity index (χ0n) is 10.8. The van der Waals surface area contributed by atoms with Gasteiger partial charge in [0.25, 0.3) is 0 Å². The van der Waals surface area contributed by atoms with Gasteiger partial charge in [-0.2, -0.15) is 0 Å². The molecule has 2 rings (SSSR count). The van der Waals surface area contributed by atoms with Gasteiger partial charge in [0, 0.05) is 18.7 Å². The van der Waals surface area contributed by atoms with E-state index in [-0.39, 0.29) is 12.1 Å². The summed E-state index contributed by atoms with van der Waals surface area (Å²) in [5, 5.41) is 0. The minimum absolute atomic E-state index is 0.326. The van der Waals surface area contributed by atoms with Gasteiger partial charge >= 0.3 is 0 Å². The van der Waals surface area contributed by atoms with E-state index in [2.05, 4.69) is 4.72 Å². The van der Waals surface area contributed by atoms with Crippen molar-refractivity contribution in [3.63, 3.8) is 0 Å². The SMILES string of the molecule is CCOC1CC(N)C1NS(=O)(=O)c1ccc(F)cc1F. The molecule has 0 aliphatic heterocycles. The van der Waals surface area contributed by atoms with Gasteiger partial charge in [0.05, 0.1) is 12.1 Å². The summed E-state index contributed by atoms with van der Waals surface area (Å²) in [6.45, 7) is 2.22. The predicted octanol–water partition coefficient (Wildman–Crippen LogP) is 0.748. The third-order valence-corrected chi connectivity index (χ3v) is 4.71. The summed E-state index contributed by atoms with van der Waals surface area (Å²) in [5.41, 5.74) is 5.73. The van der Waals surface area contributed by atoms with Gasteiger partial charge in [-0.05, 0) is 25.5 Å². The molecule has 0 aromatic heterocycles. The minimum Gasteiger partial charge on any atom is -0.377 e. The van der Waals surface area contributed by atoms with Gasteiger partial charge in [0.2, 0.25) is 10.0 Å². The molecule has 0 saturated heterocycles. The molecule has 3 N–H and O–H groups in total. The molecule has 3 unspecified atom stereocenters. The lowest BCUT2D eigenvalue weighted by Gasteiger charge is -2.42. The molecule has 1 saturated carbocycles. The molecule has 0 spiro atoms. The first-order valence-electron chi connectivity index (χ1n) is 6.19. The van der Waals surface area contributed by atoms with Crippen molar-refractivity contribution >= 4 is 10.0 Å². The van der Waals surface area contributed by atoms with Crippen molar-refractivity contribution in [2.24, 2.45) is 5.73 Å². The monoisotopic (exact) mass is 306 g/mol. The average molecular weight is 306 g/mol. The van der Waals surface area contributed by atoms with E-state index in [4.69, 9.17) is 10.5 Å². The van der Waals surface area contributed by atoms with Crippen LogP contribution in [0.3, 0.4) is 0 Å². The number of nitrogens with two attached hydrogens (primary N) is 1. The Hall–Kier alpha value is -1.09. The summed E-state index contributed by atoms with van der Waals surface area (Å²) < 4.78 is 58.1. The summed E-state index contributed by atoms with van der Waals surface area (Å²) in [5.74, 6) is -1.98. The van der Waals surface area contributed by atoms with Crippen LogP contribution in [-0.2, 0) is 14.8 Å². The minimum atomic E-state index is -4.10. The molecule has 0 bridgehead atoms. The summed E-state index contributed by atoms with van der Waals surface area (Å²) >= 11 is 0. The third-order valence-electron chi connectivity index (χ3n) is 3.22. The van der Waals surface area contributed by atoms with Crippen molar-refractivity contribution in [3.8, 4) is 0 Å². The summed E-state index contributed by atoms with van der Waals surface area (Å²) in [7, 11) is -4.10. The highest BCUT2D eigenvalue weighted by molar-refractivity contribution is 7.89. The lowest BCUT2D eigenvalue weighted by molar-refractivity contribution is -0.0248. The van der Waals surface area contributed by atoms with Gasteiger partial charge in [0.1, 0.15) is 16.5 Å². The van der Waals surface area contributed by atoms with E-state index in [1.807, 2.05) is 0 Å². The number of hydrogen-bond acceptors (Lipinski definition) is 4. The zero-order chi connectivity index (χ0) is 14.9. The second-order valence-electron chi connectivity index (χ2n) is 4.62. The van der Waals surface area contributed by atoms with Crippen molar-refractivity contribution in [2.75, 3.05) is 6.61 Å². The van der Waals surface area contributed by atoms with Gasteiger partial charge in [0.15, 0.2) is 0 Å². The molecule has 0 amide bonds. The molecule has 3 atom stereocenters. The van der Waals surface area contributed by atoms with E-state index >= 15 is 0 Å². The fourth-order valence-corrected chi connectivity index (χ4v) is 3.50. The molecule has 1 aromatic rings. The second-order valence-corrected chi connectivity index (χ2v) is 6.30. The normalized spacial score (nSPS) is 26.3. The largest absolute Gasteiger partial charge is 0.377 e. The number of sulfonamides is 1. The van der Waals surface area contributed by atoms with Crippen molar-refractivity contribution in [1.29, 1.82) is 0 Å².